The van der Waals surface area contributed by atoms with E-state index in [4.69, 9.17) is 4.42 Å². The van der Waals surface area contributed by atoms with E-state index >= 15 is 0 Å². The molecule has 3 rings (SSSR count). The van der Waals surface area contributed by atoms with Gasteiger partial charge in [0, 0.05) is 11.5 Å². The predicted molar refractivity (Wildman–Crippen MR) is 85.5 cm³/mol. The van der Waals surface area contributed by atoms with Gasteiger partial charge in [-0.05, 0) is 43.7 Å². The van der Waals surface area contributed by atoms with Crippen molar-refractivity contribution >= 4 is 20.8 Å². The number of phenolic OH excluding ortho intramolecular Hbond substituents is 1. The van der Waals surface area contributed by atoms with Gasteiger partial charge in [0.15, 0.2) is 10.5 Å². The van der Waals surface area contributed by atoms with Gasteiger partial charge in [-0.2, -0.15) is 0 Å². The van der Waals surface area contributed by atoms with E-state index in [0.29, 0.717) is 10.9 Å². The van der Waals surface area contributed by atoms with Crippen LogP contribution in [0.2, 0.25) is 0 Å². The van der Waals surface area contributed by atoms with Gasteiger partial charge < -0.3 is 9.52 Å². The molecule has 0 aliphatic carbocycles. The second-order valence-electron chi connectivity index (χ2n) is 5.36. The van der Waals surface area contributed by atoms with Crippen LogP contribution in [0.1, 0.15) is 11.1 Å². The zero-order valence-electron chi connectivity index (χ0n) is 12.5. The molecule has 0 bridgehead atoms. The first-order chi connectivity index (χ1) is 10.8. The van der Waals surface area contributed by atoms with E-state index in [1.807, 2.05) is 6.92 Å². The summed E-state index contributed by atoms with van der Waals surface area (Å²) >= 11 is 0. The van der Waals surface area contributed by atoms with Crippen LogP contribution in [0.3, 0.4) is 0 Å². The summed E-state index contributed by atoms with van der Waals surface area (Å²) in [6, 6.07) is 10.3. The summed E-state index contributed by atoms with van der Waals surface area (Å²) in [6.07, 6.45) is 0. The van der Waals surface area contributed by atoms with E-state index in [1.54, 1.807) is 19.1 Å². The third kappa shape index (κ3) is 2.51. The Balaban J connectivity index is 2.41. The normalized spacial score (nSPS) is 11.7. The molecule has 0 atom stereocenters. The Hall–Kier alpha value is -2.60. The van der Waals surface area contributed by atoms with Gasteiger partial charge in [0.05, 0.1) is 4.90 Å². The fraction of sp³-hybridized carbons (Fsp3) is 0.118. The summed E-state index contributed by atoms with van der Waals surface area (Å²) in [7, 11) is -4.03. The van der Waals surface area contributed by atoms with Crippen molar-refractivity contribution in [2.45, 2.75) is 23.6 Å². The molecule has 1 N–H and O–H groups in total. The molecule has 1 heterocycles. The Bertz CT molecular complexity index is 1060. The Morgan fingerprint density at radius 1 is 1.00 bits per heavy atom. The summed E-state index contributed by atoms with van der Waals surface area (Å²) in [5, 5.41) is 10.6. The van der Waals surface area contributed by atoms with Crippen LogP contribution in [-0.2, 0) is 9.84 Å². The average molecular weight is 330 g/mol. The van der Waals surface area contributed by atoms with E-state index in [0.717, 1.165) is 5.56 Å². The van der Waals surface area contributed by atoms with E-state index in [-0.39, 0.29) is 15.4 Å². The van der Waals surface area contributed by atoms with Crippen molar-refractivity contribution in [3.63, 3.8) is 0 Å². The molecule has 0 saturated heterocycles. The van der Waals surface area contributed by atoms with E-state index in [1.165, 1.54) is 30.3 Å². The molecule has 0 radical (unpaired) electrons. The summed E-state index contributed by atoms with van der Waals surface area (Å²) < 4.78 is 30.9. The lowest BCUT2D eigenvalue weighted by molar-refractivity contribution is 0.454. The first-order valence-electron chi connectivity index (χ1n) is 6.89. The van der Waals surface area contributed by atoms with Crippen LogP contribution in [0.5, 0.6) is 5.75 Å². The molecule has 23 heavy (non-hydrogen) atoms. The number of fused-ring (bicyclic) bond motifs is 1. The van der Waals surface area contributed by atoms with E-state index < -0.39 is 21.2 Å². The quantitative estimate of drug-likeness (QED) is 0.730. The number of hydrogen-bond acceptors (Lipinski definition) is 5. The van der Waals surface area contributed by atoms with Crippen molar-refractivity contribution in [1.29, 1.82) is 0 Å². The standard InChI is InChI=1S/C17H14O5S/c1-10-3-5-12(6-4-10)23(20,21)17-14(18)8-7-13-11(2)9-15(19)22-16(13)17/h3-9,18H,1-2H3. The number of hydrogen-bond donors (Lipinski definition) is 1. The van der Waals surface area contributed by atoms with Gasteiger partial charge in [-0.15, -0.1) is 0 Å². The third-order valence-corrected chi connectivity index (χ3v) is 5.48. The van der Waals surface area contributed by atoms with Gasteiger partial charge in [-0.25, -0.2) is 13.2 Å². The highest BCUT2D eigenvalue weighted by Gasteiger charge is 2.26. The molecule has 6 heteroatoms. The molecule has 2 aromatic carbocycles. The molecule has 5 nitrogen and oxygen atoms in total. The van der Waals surface area contributed by atoms with Crippen LogP contribution in [0, 0.1) is 13.8 Å². The van der Waals surface area contributed by atoms with Crippen molar-refractivity contribution in [3.8, 4) is 5.75 Å². The molecule has 118 valence electrons. The molecule has 0 spiro atoms. The highest BCUT2D eigenvalue weighted by molar-refractivity contribution is 7.91. The van der Waals surface area contributed by atoms with Gasteiger partial charge in [0.25, 0.3) is 0 Å². The lowest BCUT2D eigenvalue weighted by atomic mass is 10.1. The summed E-state index contributed by atoms with van der Waals surface area (Å²) in [5.41, 5.74) is 0.696. The van der Waals surface area contributed by atoms with Crippen LogP contribution in [0.4, 0.5) is 0 Å². The Morgan fingerprint density at radius 2 is 1.65 bits per heavy atom. The Morgan fingerprint density at radius 3 is 2.30 bits per heavy atom. The smallest absolute Gasteiger partial charge is 0.336 e. The van der Waals surface area contributed by atoms with Crippen molar-refractivity contribution in [2.75, 3.05) is 0 Å². The van der Waals surface area contributed by atoms with E-state index in [2.05, 4.69) is 0 Å². The lowest BCUT2D eigenvalue weighted by Crippen LogP contribution is -2.06. The van der Waals surface area contributed by atoms with Crippen molar-refractivity contribution in [3.05, 3.63) is 64.0 Å². The topological polar surface area (TPSA) is 84.6 Å². The Labute approximate surface area is 132 Å². The average Bonchev–Trinajstić information content (AvgIpc) is 2.46. The fourth-order valence-electron chi connectivity index (χ4n) is 2.44. The first kappa shape index (κ1) is 15.3. The summed E-state index contributed by atoms with van der Waals surface area (Å²) in [4.78, 5) is 11.3. The largest absolute Gasteiger partial charge is 0.506 e. The van der Waals surface area contributed by atoms with Gasteiger partial charge in [0.1, 0.15) is 5.75 Å². The third-order valence-electron chi connectivity index (χ3n) is 3.65. The molecule has 0 amide bonds. The highest BCUT2D eigenvalue weighted by atomic mass is 32.2. The monoisotopic (exact) mass is 330 g/mol. The lowest BCUT2D eigenvalue weighted by Gasteiger charge is -2.10. The zero-order chi connectivity index (χ0) is 16.8. The second-order valence-corrected chi connectivity index (χ2v) is 7.24. The second kappa shape index (κ2) is 5.24. The number of benzene rings is 2. The summed E-state index contributed by atoms with van der Waals surface area (Å²) in [5.74, 6) is -0.452. The number of aromatic hydroxyl groups is 1. The molecule has 3 aromatic rings. The van der Waals surface area contributed by atoms with Gasteiger partial charge in [-0.1, -0.05) is 17.7 Å². The van der Waals surface area contributed by atoms with E-state index in [9.17, 15) is 18.3 Å². The van der Waals surface area contributed by atoms with Crippen molar-refractivity contribution in [1.82, 2.24) is 0 Å². The fourth-order valence-corrected chi connectivity index (χ4v) is 3.91. The minimum atomic E-state index is -4.03. The van der Waals surface area contributed by atoms with Crippen LogP contribution >= 0.6 is 0 Å². The SMILES string of the molecule is Cc1ccc(S(=O)(=O)c2c(O)ccc3c(C)cc(=O)oc23)cc1. The zero-order valence-corrected chi connectivity index (χ0v) is 13.3. The van der Waals surface area contributed by atoms with Crippen LogP contribution in [0.15, 0.2) is 61.5 Å². The highest BCUT2D eigenvalue weighted by Crippen LogP contribution is 2.35. The van der Waals surface area contributed by atoms with Crippen molar-refractivity contribution < 1.29 is 17.9 Å². The minimum Gasteiger partial charge on any atom is -0.506 e. The number of phenols is 1. The maximum Gasteiger partial charge on any atom is 0.336 e. The number of rotatable bonds is 2. The molecule has 0 aliphatic heterocycles. The first-order valence-corrected chi connectivity index (χ1v) is 8.37. The van der Waals surface area contributed by atoms with Crippen molar-refractivity contribution in [2.24, 2.45) is 0 Å². The maximum atomic E-state index is 12.9. The molecule has 1 aromatic heterocycles. The van der Waals surface area contributed by atoms with Crippen LogP contribution in [-0.4, -0.2) is 13.5 Å². The van der Waals surface area contributed by atoms with Crippen LogP contribution in [0.25, 0.3) is 11.0 Å². The Kier molecular flexibility index (Phi) is 3.49. The molecular weight excluding hydrogens is 316 g/mol. The minimum absolute atomic E-state index is 0.0232. The molecular formula is C17H14O5S. The van der Waals surface area contributed by atoms with Crippen LogP contribution < -0.4 is 5.63 Å². The number of aryl methyl sites for hydroxylation is 2. The maximum absolute atomic E-state index is 12.9. The molecule has 0 unspecified atom stereocenters. The molecule has 0 aliphatic rings. The van der Waals surface area contributed by atoms with Gasteiger partial charge in [0.2, 0.25) is 9.84 Å². The number of sulfone groups is 1. The summed E-state index contributed by atoms with van der Waals surface area (Å²) in [6.45, 7) is 3.52. The predicted octanol–water partition coefficient (Wildman–Crippen LogP) is 2.95. The van der Waals surface area contributed by atoms with Gasteiger partial charge >= 0.3 is 5.63 Å². The van der Waals surface area contributed by atoms with Gasteiger partial charge in [-0.3, -0.25) is 0 Å². The molecule has 0 saturated carbocycles. The molecule has 0 fully saturated rings.